The zero-order valence-corrected chi connectivity index (χ0v) is 11.8. The van der Waals surface area contributed by atoms with Gasteiger partial charge in [-0.15, -0.1) is 0 Å². The van der Waals surface area contributed by atoms with Crippen LogP contribution in [0.4, 0.5) is 0 Å². The van der Waals surface area contributed by atoms with Crippen LogP contribution in [0.2, 0.25) is 0 Å². The normalized spacial score (nSPS) is 13.4. The Bertz CT molecular complexity index is 313. The zero-order valence-electron chi connectivity index (χ0n) is 10.1. The molecular formula is C9H18NO5PS. The summed E-state index contributed by atoms with van der Waals surface area (Å²) in [6.07, 6.45) is 0. The van der Waals surface area contributed by atoms with Crippen molar-refractivity contribution in [1.29, 1.82) is 0 Å². The van der Waals surface area contributed by atoms with E-state index >= 15 is 0 Å². The van der Waals surface area contributed by atoms with Crippen LogP contribution in [0.15, 0.2) is 0 Å². The van der Waals surface area contributed by atoms with Crippen LogP contribution < -0.4 is 5.32 Å². The van der Waals surface area contributed by atoms with Crippen molar-refractivity contribution in [2.45, 2.75) is 26.8 Å². The molecule has 0 saturated heterocycles. The van der Waals surface area contributed by atoms with Crippen LogP contribution in [0.5, 0.6) is 0 Å². The monoisotopic (exact) mass is 283 g/mol. The zero-order chi connectivity index (χ0) is 13.5. The van der Waals surface area contributed by atoms with Gasteiger partial charge in [0.15, 0.2) is 0 Å². The lowest BCUT2D eigenvalue weighted by Gasteiger charge is -2.18. The largest absolute Gasteiger partial charge is 0.480 e. The molecule has 2 N–H and O–H groups in total. The fourth-order valence-electron chi connectivity index (χ4n) is 0.946. The second-order valence-electron chi connectivity index (χ2n) is 3.17. The van der Waals surface area contributed by atoms with Gasteiger partial charge in [0.25, 0.3) is 0 Å². The Morgan fingerprint density at radius 1 is 1.41 bits per heavy atom. The number of carboxylic acids is 1. The van der Waals surface area contributed by atoms with Crippen LogP contribution >= 0.6 is 19.8 Å². The molecule has 0 unspecified atom stereocenters. The average molecular weight is 283 g/mol. The van der Waals surface area contributed by atoms with Crippen LogP contribution in [0.3, 0.4) is 0 Å². The van der Waals surface area contributed by atoms with Gasteiger partial charge >= 0.3 is 13.6 Å². The van der Waals surface area contributed by atoms with Gasteiger partial charge in [-0.05, 0) is 20.8 Å². The summed E-state index contributed by atoms with van der Waals surface area (Å²) in [6.45, 7) is 5.26. The molecule has 6 nitrogen and oxygen atoms in total. The van der Waals surface area contributed by atoms with Crippen molar-refractivity contribution >= 4 is 30.4 Å². The average Bonchev–Trinajstić information content (AvgIpc) is 2.25. The van der Waals surface area contributed by atoms with Crippen LogP contribution in [0.1, 0.15) is 20.8 Å². The lowest BCUT2D eigenvalue weighted by Crippen LogP contribution is -2.37. The molecule has 1 atom stereocenters. The van der Waals surface area contributed by atoms with Gasteiger partial charge in [-0.1, -0.05) is 12.2 Å². The van der Waals surface area contributed by atoms with Crippen LogP contribution in [0.25, 0.3) is 0 Å². The first-order valence-corrected chi connectivity index (χ1v) is 7.21. The molecule has 0 aromatic rings. The van der Waals surface area contributed by atoms with Crippen molar-refractivity contribution in [3.63, 3.8) is 0 Å². The smallest absolute Gasteiger partial charge is 0.369 e. The SMILES string of the molecule is CCOP(=O)(OCC)C(=S)CN[C@H](C)C(=O)O. The molecule has 17 heavy (non-hydrogen) atoms. The van der Waals surface area contributed by atoms with Gasteiger partial charge in [-0.3, -0.25) is 14.7 Å². The van der Waals surface area contributed by atoms with E-state index < -0.39 is 19.6 Å². The number of carbonyl (C=O) groups is 1. The lowest BCUT2D eigenvalue weighted by atomic mass is 10.3. The fourth-order valence-corrected chi connectivity index (χ4v) is 2.67. The topological polar surface area (TPSA) is 84.9 Å². The molecule has 0 radical (unpaired) electrons. The molecule has 0 fully saturated rings. The quantitative estimate of drug-likeness (QED) is 0.491. The third kappa shape index (κ3) is 5.70. The van der Waals surface area contributed by atoms with Crippen LogP contribution in [-0.2, 0) is 18.4 Å². The predicted molar refractivity (Wildman–Crippen MR) is 68.6 cm³/mol. The van der Waals surface area contributed by atoms with E-state index in [2.05, 4.69) is 5.32 Å². The number of aliphatic carboxylic acids is 1. The van der Waals surface area contributed by atoms with E-state index in [0.29, 0.717) is 0 Å². The maximum Gasteiger partial charge on any atom is 0.369 e. The standard InChI is InChI=1S/C9H18NO5PS/c1-4-14-16(13,15-5-2)8(17)6-10-7(3)9(11)12/h7,10H,4-6H2,1-3H3,(H,11,12)/t7-/m1/s1. The minimum atomic E-state index is -3.42. The van der Waals surface area contributed by atoms with Gasteiger partial charge in [0.2, 0.25) is 0 Å². The molecule has 0 amide bonds. The highest BCUT2D eigenvalue weighted by atomic mass is 32.1. The van der Waals surface area contributed by atoms with E-state index in [4.69, 9.17) is 26.4 Å². The third-order valence-electron chi connectivity index (χ3n) is 1.83. The molecule has 0 saturated carbocycles. The summed E-state index contributed by atoms with van der Waals surface area (Å²) in [5.41, 5.74) is 0. The van der Waals surface area contributed by atoms with Crippen molar-refractivity contribution in [2.75, 3.05) is 19.8 Å². The van der Waals surface area contributed by atoms with Gasteiger partial charge in [-0.2, -0.15) is 0 Å². The first-order chi connectivity index (χ1) is 7.87. The summed E-state index contributed by atoms with van der Waals surface area (Å²) in [7, 11) is -3.42. The Balaban J connectivity index is 4.44. The molecule has 0 aromatic carbocycles. The number of thiocarbonyl (C=S) groups is 1. The van der Waals surface area contributed by atoms with Crippen molar-refractivity contribution in [1.82, 2.24) is 5.32 Å². The number of carboxylic acid groups (broad SMARTS) is 1. The van der Waals surface area contributed by atoms with E-state index in [1.54, 1.807) is 13.8 Å². The van der Waals surface area contributed by atoms with Crippen molar-refractivity contribution in [3.8, 4) is 0 Å². The third-order valence-corrected chi connectivity index (χ3v) is 4.61. The second-order valence-corrected chi connectivity index (χ2v) is 6.01. The van der Waals surface area contributed by atoms with E-state index in [9.17, 15) is 9.36 Å². The molecule has 0 aromatic heterocycles. The summed E-state index contributed by atoms with van der Waals surface area (Å²) in [6, 6.07) is -0.773. The maximum absolute atomic E-state index is 12.1. The first kappa shape index (κ1) is 16.7. The van der Waals surface area contributed by atoms with Crippen LogP contribution in [0, 0.1) is 0 Å². The van der Waals surface area contributed by atoms with Crippen molar-refractivity contribution in [2.24, 2.45) is 0 Å². The predicted octanol–water partition coefficient (Wildman–Crippen LogP) is 1.64. The molecule has 8 heteroatoms. The van der Waals surface area contributed by atoms with E-state index in [-0.39, 0.29) is 24.4 Å². The van der Waals surface area contributed by atoms with Crippen molar-refractivity contribution < 1.29 is 23.5 Å². The van der Waals surface area contributed by atoms with Gasteiger partial charge in [0.05, 0.1) is 13.2 Å². The molecule has 0 spiro atoms. The number of nitrogens with one attached hydrogen (secondary N) is 1. The Hall–Kier alpha value is -0.330. The van der Waals surface area contributed by atoms with Gasteiger partial charge in [0.1, 0.15) is 10.6 Å². The lowest BCUT2D eigenvalue weighted by molar-refractivity contribution is -0.138. The number of hydrogen-bond acceptors (Lipinski definition) is 6. The Kier molecular flexibility index (Phi) is 7.74. The van der Waals surface area contributed by atoms with E-state index in [0.717, 1.165) is 0 Å². The molecular weight excluding hydrogens is 265 g/mol. The van der Waals surface area contributed by atoms with E-state index in [1.165, 1.54) is 6.92 Å². The molecule has 0 rings (SSSR count). The molecule has 0 aliphatic carbocycles. The molecule has 0 heterocycles. The summed E-state index contributed by atoms with van der Waals surface area (Å²) < 4.78 is 22.2. The molecule has 0 aliphatic heterocycles. The Morgan fingerprint density at radius 3 is 2.24 bits per heavy atom. The Morgan fingerprint density at radius 2 is 1.88 bits per heavy atom. The first-order valence-electron chi connectivity index (χ1n) is 5.26. The Labute approximate surface area is 106 Å². The number of hydrogen-bond donors (Lipinski definition) is 2. The number of rotatable bonds is 9. The minimum absolute atomic E-state index is 0.0000772. The fraction of sp³-hybridized carbons (Fsp3) is 0.778. The summed E-state index contributed by atoms with van der Waals surface area (Å²) in [5.74, 6) is -1.00. The van der Waals surface area contributed by atoms with Gasteiger partial charge < -0.3 is 14.2 Å². The summed E-state index contributed by atoms with van der Waals surface area (Å²) >= 11 is 4.96. The molecule has 0 bridgehead atoms. The summed E-state index contributed by atoms with van der Waals surface area (Å²) in [4.78, 5) is 10.6. The van der Waals surface area contributed by atoms with Gasteiger partial charge in [-0.25, -0.2) is 0 Å². The van der Waals surface area contributed by atoms with Gasteiger partial charge in [0, 0.05) is 6.54 Å². The molecule has 0 aliphatic rings. The highest BCUT2D eigenvalue weighted by molar-refractivity contribution is 7.97. The highest BCUT2D eigenvalue weighted by Gasteiger charge is 2.30. The summed E-state index contributed by atoms with van der Waals surface area (Å²) in [5, 5.41) is 11.3. The second kappa shape index (κ2) is 7.89. The maximum atomic E-state index is 12.1. The van der Waals surface area contributed by atoms with E-state index in [1.807, 2.05) is 0 Å². The minimum Gasteiger partial charge on any atom is -0.480 e. The highest BCUT2D eigenvalue weighted by Crippen LogP contribution is 2.49. The van der Waals surface area contributed by atoms with Crippen molar-refractivity contribution in [3.05, 3.63) is 0 Å². The molecule has 100 valence electrons. The van der Waals surface area contributed by atoms with Crippen LogP contribution in [-0.4, -0.2) is 41.5 Å².